The average molecular weight is 237 g/mol. The minimum atomic E-state index is -0.540. The maximum Gasteiger partial charge on any atom is 0.233 e. The molecule has 1 heterocycles. The molecule has 4 heteroatoms. The first-order valence-electron chi connectivity index (χ1n) is 6.58. The molecule has 94 valence electrons. The molecule has 3 rings (SSSR count). The van der Waals surface area contributed by atoms with Crippen LogP contribution in [0.4, 0.5) is 0 Å². The molecular weight excluding hydrogens is 218 g/mol. The van der Waals surface area contributed by atoms with E-state index in [2.05, 4.69) is 6.92 Å². The summed E-state index contributed by atoms with van der Waals surface area (Å²) in [5, 5.41) is 9.50. The molecule has 2 amide bonds. The topological polar surface area (TPSA) is 57.6 Å². The summed E-state index contributed by atoms with van der Waals surface area (Å²) in [4.78, 5) is 26.1. The second-order valence-electron chi connectivity index (χ2n) is 6.04. The predicted molar refractivity (Wildman–Crippen MR) is 60.9 cm³/mol. The van der Waals surface area contributed by atoms with Crippen molar-refractivity contribution in [1.29, 1.82) is 0 Å². The summed E-state index contributed by atoms with van der Waals surface area (Å²) < 4.78 is 0. The van der Waals surface area contributed by atoms with E-state index in [1.165, 1.54) is 4.90 Å². The van der Waals surface area contributed by atoms with Crippen molar-refractivity contribution in [1.82, 2.24) is 4.90 Å². The number of fused-ring (bicyclic) bond motifs is 1. The number of imide groups is 1. The number of hydrogen-bond acceptors (Lipinski definition) is 3. The third-order valence-corrected chi connectivity index (χ3v) is 4.93. The highest BCUT2D eigenvalue weighted by atomic mass is 16.3. The van der Waals surface area contributed by atoms with Gasteiger partial charge >= 0.3 is 0 Å². The molecule has 0 aromatic rings. The van der Waals surface area contributed by atoms with Gasteiger partial charge in [0.25, 0.3) is 0 Å². The van der Waals surface area contributed by atoms with Gasteiger partial charge in [-0.3, -0.25) is 14.5 Å². The summed E-state index contributed by atoms with van der Waals surface area (Å²) >= 11 is 0. The zero-order valence-electron chi connectivity index (χ0n) is 10.2. The van der Waals surface area contributed by atoms with Crippen LogP contribution in [-0.2, 0) is 9.59 Å². The van der Waals surface area contributed by atoms with Gasteiger partial charge in [-0.1, -0.05) is 6.92 Å². The molecule has 1 N–H and O–H groups in total. The Morgan fingerprint density at radius 2 is 1.76 bits per heavy atom. The van der Waals surface area contributed by atoms with E-state index in [9.17, 15) is 14.7 Å². The molecule has 2 unspecified atom stereocenters. The standard InChI is InChI=1S/C13H19NO3/c1-8-5-9-10(6-8)12(17)14(11(9)16)13(7-15)3-2-4-13/h8-10,15H,2-7H2,1H3. The zero-order chi connectivity index (χ0) is 12.2. The van der Waals surface area contributed by atoms with Gasteiger partial charge in [-0.15, -0.1) is 0 Å². The molecule has 3 aliphatic rings. The van der Waals surface area contributed by atoms with Gasteiger partial charge in [0.15, 0.2) is 0 Å². The van der Waals surface area contributed by atoms with Crippen molar-refractivity contribution in [3.05, 3.63) is 0 Å². The monoisotopic (exact) mass is 237 g/mol. The predicted octanol–water partition coefficient (Wildman–Crippen LogP) is 0.932. The fourth-order valence-electron chi connectivity index (χ4n) is 3.78. The van der Waals surface area contributed by atoms with Gasteiger partial charge in [-0.2, -0.15) is 0 Å². The molecule has 0 spiro atoms. The highest BCUT2D eigenvalue weighted by Crippen LogP contribution is 2.48. The van der Waals surface area contributed by atoms with E-state index in [4.69, 9.17) is 0 Å². The fraction of sp³-hybridized carbons (Fsp3) is 0.846. The van der Waals surface area contributed by atoms with Gasteiger partial charge in [0, 0.05) is 0 Å². The minimum Gasteiger partial charge on any atom is -0.394 e. The Bertz CT molecular complexity index is 345. The number of carbonyl (C=O) groups is 2. The first-order chi connectivity index (χ1) is 8.09. The number of rotatable bonds is 2. The van der Waals surface area contributed by atoms with Crippen LogP contribution in [0.15, 0.2) is 0 Å². The van der Waals surface area contributed by atoms with Crippen molar-refractivity contribution in [3.63, 3.8) is 0 Å². The summed E-state index contributed by atoms with van der Waals surface area (Å²) in [7, 11) is 0. The van der Waals surface area contributed by atoms with Crippen LogP contribution in [0.5, 0.6) is 0 Å². The van der Waals surface area contributed by atoms with Gasteiger partial charge in [0.1, 0.15) is 0 Å². The SMILES string of the molecule is CC1CC2C(=O)N(C3(CO)CCC3)C(=O)C2C1. The van der Waals surface area contributed by atoms with Crippen LogP contribution in [0, 0.1) is 17.8 Å². The van der Waals surface area contributed by atoms with Gasteiger partial charge in [-0.25, -0.2) is 0 Å². The lowest BCUT2D eigenvalue weighted by Gasteiger charge is -2.46. The van der Waals surface area contributed by atoms with Crippen LogP contribution in [0.3, 0.4) is 0 Å². The fourth-order valence-corrected chi connectivity index (χ4v) is 3.78. The summed E-state index contributed by atoms with van der Waals surface area (Å²) in [6.07, 6.45) is 4.23. The first-order valence-corrected chi connectivity index (χ1v) is 6.58. The molecule has 2 atom stereocenters. The number of aliphatic hydroxyl groups excluding tert-OH is 1. The maximum absolute atomic E-state index is 12.3. The second kappa shape index (κ2) is 3.55. The number of carbonyl (C=O) groups excluding carboxylic acids is 2. The quantitative estimate of drug-likeness (QED) is 0.727. The van der Waals surface area contributed by atoms with E-state index in [1.54, 1.807) is 0 Å². The van der Waals surface area contributed by atoms with E-state index < -0.39 is 5.54 Å². The van der Waals surface area contributed by atoms with Crippen LogP contribution in [-0.4, -0.2) is 34.0 Å². The zero-order valence-corrected chi connectivity index (χ0v) is 10.2. The highest BCUT2D eigenvalue weighted by Gasteiger charge is 2.59. The molecule has 2 aliphatic carbocycles. The molecule has 0 bridgehead atoms. The Morgan fingerprint density at radius 3 is 2.12 bits per heavy atom. The van der Waals surface area contributed by atoms with Gasteiger partial charge in [0.05, 0.1) is 24.0 Å². The third-order valence-electron chi connectivity index (χ3n) is 4.93. The summed E-state index contributed by atoms with van der Waals surface area (Å²) in [6, 6.07) is 0. The molecule has 1 aliphatic heterocycles. The molecule has 3 fully saturated rings. The highest BCUT2D eigenvalue weighted by molar-refractivity contribution is 6.06. The molecular formula is C13H19NO3. The van der Waals surface area contributed by atoms with Crippen molar-refractivity contribution >= 4 is 11.8 Å². The Morgan fingerprint density at radius 1 is 1.24 bits per heavy atom. The molecule has 0 radical (unpaired) electrons. The van der Waals surface area contributed by atoms with Crippen LogP contribution in [0.1, 0.15) is 39.0 Å². The lowest BCUT2D eigenvalue weighted by Crippen LogP contribution is -2.59. The lowest BCUT2D eigenvalue weighted by atomic mass is 9.76. The number of hydrogen-bond donors (Lipinski definition) is 1. The Balaban J connectivity index is 1.89. The molecule has 0 aromatic carbocycles. The number of nitrogens with zero attached hydrogens (tertiary/aromatic N) is 1. The van der Waals surface area contributed by atoms with E-state index in [0.29, 0.717) is 5.92 Å². The molecule has 17 heavy (non-hydrogen) atoms. The van der Waals surface area contributed by atoms with Gasteiger partial charge < -0.3 is 5.11 Å². The number of aliphatic hydroxyl groups is 1. The normalized spacial score (nSPS) is 39.4. The largest absolute Gasteiger partial charge is 0.394 e. The summed E-state index contributed by atoms with van der Waals surface area (Å²) in [5.41, 5.74) is -0.540. The number of likely N-dealkylation sites (tertiary alicyclic amines) is 1. The van der Waals surface area contributed by atoms with E-state index in [-0.39, 0.29) is 30.3 Å². The van der Waals surface area contributed by atoms with Crippen molar-refractivity contribution in [2.45, 2.75) is 44.6 Å². The molecule has 2 saturated carbocycles. The van der Waals surface area contributed by atoms with E-state index in [1.807, 2.05) is 0 Å². The number of amides is 2. The van der Waals surface area contributed by atoms with Crippen molar-refractivity contribution in [3.8, 4) is 0 Å². The smallest absolute Gasteiger partial charge is 0.233 e. The van der Waals surface area contributed by atoms with E-state index in [0.717, 1.165) is 32.1 Å². The average Bonchev–Trinajstić information content (AvgIpc) is 2.71. The van der Waals surface area contributed by atoms with E-state index >= 15 is 0 Å². The second-order valence-corrected chi connectivity index (χ2v) is 6.04. The maximum atomic E-state index is 12.3. The molecule has 4 nitrogen and oxygen atoms in total. The third kappa shape index (κ3) is 1.33. The van der Waals surface area contributed by atoms with Crippen molar-refractivity contribution in [2.24, 2.45) is 17.8 Å². The minimum absolute atomic E-state index is 0.0156. The van der Waals surface area contributed by atoms with Gasteiger partial charge in [0.2, 0.25) is 11.8 Å². The van der Waals surface area contributed by atoms with Crippen LogP contribution < -0.4 is 0 Å². The lowest BCUT2D eigenvalue weighted by molar-refractivity contribution is -0.155. The van der Waals surface area contributed by atoms with Crippen molar-refractivity contribution in [2.75, 3.05) is 6.61 Å². The molecule has 1 saturated heterocycles. The Labute approximate surface area is 101 Å². The summed E-state index contributed by atoms with van der Waals surface area (Å²) in [6.45, 7) is 2.04. The van der Waals surface area contributed by atoms with Gasteiger partial charge in [-0.05, 0) is 38.0 Å². The Kier molecular flexibility index (Phi) is 2.34. The van der Waals surface area contributed by atoms with Crippen molar-refractivity contribution < 1.29 is 14.7 Å². The van der Waals surface area contributed by atoms with Crippen LogP contribution in [0.2, 0.25) is 0 Å². The summed E-state index contributed by atoms with van der Waals surface area (Å²) in [5.74, 6) is 0.255. The molecule has 0 aromatic heterocycles. The first kappa shape index (κ1) is 11.2. The van der Waals surface area contributed by atoms with Crippen LogP contribution in [0.25, 0.3) is 0 Å². The van der Waals surface area contributed by atoms with Crippen LogP contribution >= 0.6 is 0 Å². The Hall–Kier alpha value is -0.900.